The molecule has 1 N–H and O–H groups in total. The molecule has 0 spiro atoms. The zero-order valence-corrected chi connectivity index (χ0v) is 16.2. The summed E-state index contributed by atoms with van der Waals surface area (Å²) in [7, 11) is 0. The predicted molar refractivity (Wildman–Crippen MR) is 103 cm³/mol. The average molecular weight is 390 g/mol. The highest BCUT2D eigenvalue weighted by Crippen LogP contribution is 2.39. The maximum atomic E-state index is 12.2. The molecule has 4 rings (SSSR count). The Kier molecular flexibility index (Phi) is 4.62. The number of aromatic amines is 1. The number of rotatable bonds is 6. The summed E-state index contributed by atoms with van der Waals surface area (Å²) in [6.07, 6.45) is 6.24. The Hall–Kier alpha value is -2.06. The molecule has 8 heteroatoms. The Morgan fingerprint density at radius 3 is 3.04 bits per heavy atom. The highest BCUT2D eigenvalue weighted by Gasteiger charge is 2.26. The number of hydrogen-bond acceptors (Lipinski definition) is 6. The van der Waals surface area contributed by atoms with E-state index >= 15 is 0 Å². The summed E-state index contributed by atoms with van der Waals surface area (Å²) in [6.45, 7) is 4.02. The van der Waals surface area contributed by atoms with Crippen molar-refractivity contribution in [3.8, 4) is 0 Å². The number of esters is 1. The minimum Gasteiger partial charge on any atom is -0.462 e. The van der Waals surface area contributed by atoms with Gasteiger partial charge < -0.3 is 14.3 Å². The smallest absolute Gasteiger partial charge is 0.348 e. The van der Waals surface area contributed by atoms with E-state index in [-0.39, 0.29) is 11.5 Å². The lowest BCUT2D eigenvalue weighted by atomic mass is 10.1. The van der Waals surface area contributed by atoms with E-state index in [1.807, 2.05) is 19.3 Å². The van der Waals surface area contributed by atoms with E-state index in [1.54, 1.807) is 24.8 Å². The SMILES string of the molecule is CCOC(=O)c1sc2[nH]c(=O)cc(CSc3nccn3C3CC3)c2c1C. The highest BCUT2D eigenvalue weighted by molar-refractivity contribution is 7.98. The summed E-state index contributed by atoms with van der Waals surface area (Å²) in [4.78, 5) is 32.8. The van der Waals surface area contributed by atoms with E-state index in [9.17, 15) is 9.59 Å². The van der Waals surface area contributed by atoms with Gasteiger partial charge in [-0.05, 0) is 37.8 Å². The van der Waals surface area contributed by atoms with E-state index in [1.165, 1.54) is 24.2 Å². The van der Waals surface area contributed by atoms with Crippen LogP contribution in [0.15, 0.2) is 28.4 Å². The van der Waals surface area contributed by atoms with Crippen molar-refractivity contribution in [2.45, 2.75) is 43.6 Å². The zero-order chi connectivity index (χ0) is 18.3. The van der Waals surface area contributed by atoms with Gasteiger partial charge in [0.05, 0.1) is 6.61 Å². The lowest BCUT2D eigenvalue weighted by Crippen LogP contribution is -2.06. The first-order valence-corrected chi connectivity index (χ1v) is 10.4. The number of hydrogen-bond donors (Lipinski definition) is 1. The normalized spacial score (nSPS) is 14.1. The van der Waals surface area contributed by atoms with Crippen LogP contribution in [0, 0.1) is 6.92 Å². The number of imidazole rings is 1. The monoisotopic (exact) mass is 389 g/mol. The summed E-state index contributed by atoms with van der Waals surface area (Å²) in [6, 6.07) is 2.19. The van der Waals surface area contributed by atoms with Crippen LogP contribution in [0.4, 0.5) is 0 Å². The third-order valence-electron chi connectivity index (χ3n) is 4.40. The Labute approximate surface area is 158 Å². The van der Waals surface area contributed by atoms with Crippen molar-refractivity contribution in [2.24, 2.45) is 0 Å². The molecule has 0 amide bonds. The molecule has 0 aliphatic heterocycles. The van der Waals surface area contributed by atoms with E-state index in [0.29, 0.717) is 23.3 Å². The van der Waals surface area contributed by atoms with Crippen LogP contribution in [0.1, 0.15) is 46.6 Å². The second-order valence-electron chi connectivity index (χ2n) is 6.28. The number of thiophene rings is 1. The van der Waals surface area contributed by atoms with Crippen LogP contribution in [-0.2, 0) is 10.5 Å². The molecule has 1 fully saturated rings. The third kappa shape index (κ3) is 3.19. The number of aromatic nitrogens is 3. The third-order valence-corrected chi connectivity index (χ3v) is 6.62. The summed E-state index contributed by atoms with van der Waals surface area (Å²) < 4.78 is 7.35. The fourth-order valence-corrected chi connectivity index (χ4v) is 5.20. The number of carbonyl (C=O) groups excluding carboxylic acids is 1. The maximum Gasteiger partial charge on any atom is 0.348 e. The molecular weight excluding hydrogens is 370 g/mol. The number of H-pyrrole nitrogens is 1. The van der Waals surface area contributed by atoms with Crippen molar-refractivity contribution in [3.05, 3.63) is 44.8 Å². The summed E-state index contributed by atoms with van der Waals surface area (Å²) in [5.41, 5.74) is 1.62. The second kappa shape index (κ2) is 6.92. The van der Waals surface area contributed by atoms with Gasteiger partial charge in [0.25, 0.3) is 0 Å². The largest absolute Gasteiger partial charge is 0.462 e. The summed E-state index contributed by atoms with van der Waals surface area (Å²) in [5, 5.41) is 1.91. The van der Waals surface area contributed by atoms with Gasteiger partial charge in [-0.1, -0.05) is 11.8 Å². The molecule has 0 radical (unpaired) electrons. The number of nitrogens with zero attached hydrogens (tertiary/aromatic N) is 2. The van der Waals surface area contributed by atoms with Crippen molar-refractivity contribution >= 4 is 39.3 Å². The molecule has 0 atom stereocenters. The van der Waals surface area contributed by atoms with Gasteiger partial charge in [-0.15, -0.1) is 11.3 Å². The molecule has 0 bridgehead atoms. The van der Waals surface area contributed by atoms with Crippen molar-refractivity contribution in [1.29, 1.82) is 0 Å². The Morgan fingerprint density at radius 2 is 2.31 bits per heavy atom. The number of aryl methyl sites for hydroxylation is 1. The summed E-state index contributed by atoms with van der Waals surface area (Å²) >= 11 is 2.90. The standard InChI is InChI=1S/C18H19N3O3S2/c1-3-24-17(23)15-10(2)14-11(8-13(22)20-16(14)26-15)9-25-18-19-6-7-21(18)12-4-5-12/h6-8,12H,3-5,9H2,1-2H3,(H,20,22). The second-order valence-corrected chi connectivity index (χ2v) is 8.24. The molecule has 6 nitrogen and oxygen atoms in total. The highest BCUT2D eigenvalue weighted by atomic mass is 32.2. The molecule has 3 heterocycles. The van der Waals surface area contributed by atoms with Crippen molar-refractivity contribution in [3.63, 3.8) is 0 Å². The van der Waals surface area contributed by atoms with Crippen molar-refractivity contribution in [1.82, 2.24) is 14.5 Å². The fraction of sp³-hybridized carbons (Fsp3) is 0.389. The van der Waals surface area contributed by atoms with Crippen LogP contribution in [-0.4, -0.2) is 27.1 Å². The number of nitrogens with one attached hydrogen (secondary N) is 1. The Bertz CT molecular complexity index is 1030. The Balaban J connectivity index is 1.68. The minimum atomic E-state index is -0.338. The van der Waals surface area contributed by atoms with Crippen LogP contribution in [0.2, 0.25) is 0 Å². The van der Waals surface area contributed by atoms with Crippen LogP contribution >= 0.6 is 23.1 Å². The molecule has 1 aliphatic rings. The first-order chi connectivity index (χ1) is 12.6. The number of ether oxygens (including phenoxy) is 1. The van der Waals surface area contributed by atoms with Gasteiger partial charge in [-0.2, -0.15) is 0 Å². The molecule has 3 aromatic heterocycles. The first-order valence-electron chi connectivity index (χ1n) is 8.56. The minimum absolute atomic E-state index is 0.157. The van der Waals surface area contributed by atoms with Crippen LogP contribution < -0.4 is 5.56 Å². The van der Waals surface area contributed by atoms with Gasteiger partial charge in [0.2, 0.25) is 5.56 Å². The van der Waals surface area contributed by atoms with E-state index in [2.05, 4.69) is 14.5 Å². The van der Waals surface area contributed by atoms with Gasteiger partial charge in [0.15, 0.2) is 5.16 Å². The number of fused-ring (bicyclic) bond motifs is 1. The molecule has 0 unspecified atom stereocenters. The Morgan fingerprint density at radius 1 is 1.50 bits per heavy atom. The quantitative estimate of drug-likeness (QED) is 0.511. The molecular formula is C18H19N3O3S2. The van der Waals surface area contributed by atoms with Crippen molar-refractivity contribution < 1.29 is 9.53 Å². The van der Waals surface area contributed by atoms with Gasteiger partial charge in [-0.25, -0.2) is 9.78 Å². The summed E-state index contributed by atoms with van der Waals surface area (Å²) in [5.74, 6) is 0.291. The van der Waals surface area contributed by atoms with Gasteiger partial charge in [0.1, 0.15) is 9.71 Å². The zero-order valence-electron chi connectivity index (χ0n) is 14.6. The predicted octanol–water partition coefficient (Wildman–Crippen LogP) is 3.90. The molecule has 3 aromatic rings. The van der Waals surface area contributed by atoms with Gasteiger partial charge in [-0.3, -0.25) is 4.79 Å². The molecule has 0 saturated heterocycles. The van der Waals surface area contributed by atoms with E-state index in [0.717, 1.165) is 26.5 Å². The number of carbonyl (C=O) groups is 1. The van der Waals surface area contributed by atoms with Crippen LogP contribution in [0.25, 0.3) is 10.2 Å². The number of pyridine rings is 1. The molecule has 1 aliphatic carbocycles. The van der Waals surface area contributed by atoms with Gasteiger partial charge in [0, 0.05) is 35.6 Å². The van der Waals surface area contributed by atoms with Crippen LogP contribution in [0.5, 0.6) is 0 Å². The molecule has 26 heavy (non-hydrogen) atoms. The fourth-order valence-electron chi connectivity index (χ4n) is 3.06. The first kappa shape index (κ1) is 17.4. The average Bonchev–Trinajstić information content (AvgIpc) is 3.25. The van der Waals surface area contributed by atoms with E-state index in [4.69, 9.17) is 4.74 Å². The molecule has 1 saturated carbocycles. The van der Waals surface area contributed by atoms with Gasteiger partial charge >= 0.3 is 5.97 Å². The van der Waals surface area contributed by atoms with Crippen molar-refractivity contribution in [2.75, 3.05) is 6.61 Å². The maximum absolute atomic E-state index is 12.2. The van der Waals surface area contributed by atoms with Crippen LogP contribution in [0.3, 0.4) is 0 Å². The number of thioether (sulfide) groups is 1. The lowest BCUT2D eigenvalue weighted by molar-refractivity contribution is 0.0531. The van der Waals surface area contributed by atoms with E-state index < -0.39 is 0 Å². The molecule has 0 aromatic carbocycles. The molecule has 136 valence electrons. The topological polar surface area (TPSA) is 77.0 Å². The lowest BCUT2D eigenvalue weighted by Gasteiger charge is -2.07.